The molecule has 0 saturated carbocycles. The molecule has 0 fully saturated rings. The Hall–Kier alpha value is -3.94. The SMILES string of the molecule is CC(=O)Nc1ccc(Nc2nccc(Nc3ccccc3C(=O)O)n2)cc1. The molecule has 0 aliphatic heterocycles. The number of nitrogens with one attached hydrogen (secondary N) is 3. The van der Waals surface area contributed by atoms with Crippen molar-refractivity contribution in [2.45, 2.75) is 6.92 Å². The van der Waals surface area contributed by atoms with Crippen LogP contribution in [-0.4, -0.2) is 27.0 Å². The summed E-state index contributed by atoms with van der Waals surface area (Å²) in [7, 11) is 0. The third kappa shape index (κ3) is 4.79. The highest BCUT2D eigenvalue weighted by Crippen LogP contribution is 2.21. The van der Waals surface area contributed by atoms with Gasteiger partial charge in [0.15, 0.2) is 0 Å². The monoisotopic (exact) mass is 363 g/mol. The number of rotatable bonds is 6. The van der Waals surface area contributed by atoms with E-state index >= 15 is 0 Å². The first kappa shape index (κ1) is 17.9. The molecule has 3 rings (SSSR count). The summed E-state index contributed by atoms with van der Waals surface area (Å²) in [4.78, 5) is 30.9. The van der Waals surface area contributed by atoms with Crippen LogP contribution in [0.1, 0.15) is 17.3 Å². The summed E-state index contributed by atoms with van der Waals surface area (Å²) in [5.74, 6) is -0.361. The van der Waals surface area contributed by atoms with Gasteiger partial charge in [-0.2, -0.15) is 4.98 Å². The number of anilines is 5. The number of carboxylic acid groups (broad SMARTS) is 1. The van der Waals surface area contributed by atoms with Gasteiger partial charge in [0.25, 0.3) is 0 Å². The highest BCUT2D eigenvalue weighted by Gasteiger charge is 2.10. The molecule has 0 aliphatic rings. The van der Waals surface area contributed by atoms with E-state index in [1.54, 1.807) is 54.7 Å². The van der Waals surface area contributed by atoms with Crippen molar-refractivity contribution in [2.24, 2.45) is 0 Å². The third-order valence-corrected chi connectivity index (χ3v) is 3.54. The molecule has 4 N–H and O–H groups in total. The zero-order chi connectivity index (χ0) is 19.2. The lowest BCUT2D eigenvalue weighted by molar-refractivity contribution is -0.114. The van der Waals surface area contributed by atoms with Gasteiger partial charge in [0.05, 0.1) is 11.3 Å². The number of benzene rings is 2. The molecule has 0 aliphatic carbocycles. The van der Waals surface area contributed by atoms with Gasteiger partial charge in [-0.05, 0) is 42.5 Å². The fourth-order valence-electron chi connectivity index (χ4n) is 2.37. The summed E-state index contributed by atoms with van der Waals surface area (Å²) < 4.78 is 0. The van der Waals surface area contributed by atoms with E-state index in [9.17, 15) is 14.7 Å². The van der Waals surface area contributed by atoms with E-state index in [1.165, 1.54) is 13.0 Å². The minimum atomic E-state index is -1.02. The second-order valence-electron chi connectivity index (χ2n) is 5.62. The van der Waals surface area contributed by atoms with Gasteiger partial charge in [-0.1, -0.05) is 12.1 Å². The maximum Gasteiger partial charge on any atom is 0.337 e. The first-order valence-corrected chi connectivity index (χ1v) is 8.08. The number of aromatic nitrogens is 2. The van der Waals surface area contributed by atoms with Crippen molar-refractivity contribution < 1.29 is 14.7 Å². The summed E-state index contributed by atoms with van der Waals surface area (Å²) in [5, 5.41) is 18.0. The van der Waals surface area contributed by atoms with Gasteiger partial charge in [-0.3, -0.25) is 4.79 Å². The molecule has 1 heterocycles. The minimum Gasteiger partial charge on any atom is -0.478 e. The highest BCUT2D eigenvalue weighted by atomic mass is 16.4. The molecule has 1 amide bonds. The lowest BCUT2D eigenvalue weighted by Gasteiger charge is -2.10. The van der Waals surface area contributed by atoms with Crippen LogP contribution in [0.15, 0.2) is 60.8 Å². The van der Waals surface area contributed by atoms with Crippen molar-refractivity contribution in [3.63, 3.8) is 0 Å². The summed E-state index contributed by atoms with van der Waals surface area (Å²) in [6.45, 7) is 1.45. The summed E-state index contributed by atoms with van der Waals surface area (Å²) >= 11 is 0. The van der Waals surface area contributed by atoms with Crippen molar-refractivity contribution in [3.8, 4) is 0 Å². The molecule has 136 valence electrons. The number of hydrogen-bond donors (Lipinski definition) is 4. The zero-order valence-electron chi connectivity index (χ0n) is 14.4. The van der Waals surface area contributed by atoms with Crippen LogP contribution in [0.2, 0.25) is 0 Å². The second-order valence-corrected chi connectivity index (χ2v) is 5.62. The normalized spacial score (nSPS) is 10.1. The lowest BCUT2D eigenvalue weighted by Crippen LogP contribution is -2.06. The van der Waals surface area contributed by atoms with Crippen LogP contribution in [0.3, 0.4) is 0 Å². The molecule has 0 spiro atoms. The molecule has 0 radical (unpaired) electrons. The Morgan fingerprint density at radius 3 is 2.33 bits per heavy atom. The van der Waals surface area contributed by atoms with Crippen molar-refractivity contribution >= 4 is 40.7 Å². The molecule has 0 saturated heterocycles. The lowest BCUT2D eigenvalue weighted by atomic mass is 10.2. The number of carboxylic acids is 1. The fraction of sp³-hybridized carbons (Fsp3) is 0.0526. The molecular weight excluding hydrogens is 346 g/mol. The van der Waals surface area contributed by atoms with Gasteiger partial charge in [-0.25, -0.2) is 9.78 Å². The quantitative estimate of drug-likeness (QED) is 0.528. The Morgan fingerprint density at radius 1 is 0.926 bits per heavy atom. The van der Waals surface area contributed by atoms with Crippen LogP contribution < -0.4 is 16.0 Å². The van der Waals surface area contributed by atoms with E-state index < -0.39 is 5.97 Å². The molecule has 8 nitrogen and oxygen atoms in total. The van der Waals surface area contributed by atoms with Gasteiger partial charge in [0.2, 0.25) is 11.9 Å². The maximum atomic E-state index is 11.3. The van der Waals surface area contributed by atoms with E-state index in [4.69, 9.17) is 0 Å². The van der Waals surface area contributed by atoms with Gasteiger partial charge >= 0.3 is 5.97 Å². The van der Waals surface area contributed by atoms with Gasteiger partial charge in [0.1, 0.15) is 5.82 Å². The minimum absolute atomic E-state index is 0.139. The smallest absolute Gasteiger partial charge is 0.337 e. The highest BCUT2D eigenvalue weighted by molar-refractivity contribution is 5.95. The van der Waals surface area contributed by atoms with Crippen LogP contribution in [0, 0.1) is 0 Å². The van der Waals surface area contributed by atoms with Crippen LogP contribution in [-0.2, 0) is 4.79 Å². The van der Waals surface area contributed by atoms with Crippen LogP contribution in [0.5, 0.6) is 0 Å². The molecule has 0 bridgehead atoms. The first-order valence-electron chi connectivity index (χ1n) is 8.08. The molecule has 8 heteroatoms. The molecule has 2 aromatic carbocycles. The first-order chi connectivity index (χ1) is 13.0. The Bertz CT molecular complexity index is 973. The average molecular weight is 363 g/mol. The number of nitrogens with zero attached hydrogens (tertiary/aromatic N) is 2. The van der Waals surface area contributed by atoms with E-state index in [1.807, 2.05) is 0 Å². The van der Waals surface area contributed by atoms with Gasteiger partial charge < -0.3 is 21.1 Å². The summed E-state index contributed by atoms with van der Waals surface area (Å²) in [6, 6.07) is 15.3. The van der Waals surface area contributed by atoms with Crippen LogP contribution >= 0.6 is 0 Å². The Kier molecular flexibility index (Phi) is 5.27. The largest absolute Gasteiger partial charge is 0.478 e. The molecule has 3 aromatic rings. The number of aromatic carboxylic acids is 1. The number of carbonyl (C=O) groups excluding carboxylic acids is 1. The second kappa shape index (κ2) is 7.96. The Balaban J connectivity index is 1.74. The number of hydrogen-bond acceptors (Lipinski definition) is 6. The van der Waals surface area contributed by atoms with Crippen molar-refractivity contribution in [1.82, 2.24) is 9.97 Å². The third-order valence-electron chi connectivity index (χ3n) is 3.54. The fourth-order valence-corrected chi connectivity index (χ4v) is 2.37. The summed E-state index contributed by atoms with van der Waals surface area (Å²) in [6.07, 6.45) is 1.56. The van der Waals surface area contributed by atoms with Crippen LogP contribution in [0.4, 0.5) is 28.8 Å². The maximum absolute atomic E-state index is 11.3. The standard InChI is InChI=1S/C19H17N5O3/c1-12(25)21-13-6-8-14(9-7-13)22-19-20-11-10-17(24-19)23-16-5-3-2-4-15(16)18(26)27/h2-11H,1H3,(H,21,25)(H,26,27)(H2,20,22,23,24). The van der Waals surface area contributed by atoms with E-state index in [2.05, 4.69) is 25.9 Å². The summed E-state index contributed by atoms with van der Waals surface area (Å²) in [5.41, 5.74) is 2.02. The predicted octanol–water partition coefficient (Wildman–Crippen LogP) is 3.62. The predicted molar refractivity (Wildman–Crippen MR) is 103 cm³/mol. The van der Waals surface area contributed by atoms with Crippen molar-refractivity contribution in [1.29, 1.82) is 0 Å². The molecule has 0 unspecified atom stereocenters. The average Bonchev–Trinajstić information content (AvgIpc) is 2.63. The number of carbonyl (C=O) groups is 2. The van der Waals surface area contributed by atoms with Gasteiger partial charge in [-0.15, -0.1) is 0 Å². The number of amides is 1. The Morgan fingerprint density at radius 2 is 1.63 bits per heavy atom. The molecule has 0 atom stereocenters. The Labute approximate surface area is 155 Å². The zero-order valence-corrected chi connectivity index (χ0v) is 14.4. The molecule has 1 aromatic heterocycles. The van der Waals surface area contributed by atoms with Crippen LogP contribution in [0.25, 0.3) is 0 Å². The van der Waals surface area contributed by atoms with E-state index in [0.29, 0.717) is 23.1 Å². The van der Waals surface area contributed by atoms with Crippen molar-refractivity contribution in [2.75, 3.05) is 16.0 Å². The molecular formula is C19H17N5O3. The molecule has 27 heavy (non-hydrogen) atoms. The van der Waals surface area contributed by atoms with E-state index in [0.717, 1.165) is 5.69 Å². The van der Waals surface area contributed by atoms with E-state index in [-0.39, 0.29) is 11.5 Å². The topological polar surface area (TPSA) is 116 Å². The van der Waals surface area contributed by atoms with Gasteiger partial charge in [0, 0.05) is 24.5 Å². The number of para-hydroxylation sites is 1. The van der Waals surface area contributed by atoms with Crippen molar-refractivity contribution in [3.05, 3.63) is 66.4 Å².